The Labute approximate surface area is 147 Å². The number of methoxy groups -OCH3 is 1. The summed E-state index contributed by atoms with van der Waals surface area (Å²) in [6, 6.07) is 14.0. The van der Waals surface area contributed by atoms with Crippen molar-refractivity contribution in [2.45, 2.75) is 13.8 Å². The highest BCUT2D eigenvalue weighted by Gasteiger charge is 2.08. The number of hydrogen-bond donors (Lipinski definition) is 2. The molecular weight excluding hydrogens is 320 g/mol. The van der Waals surface area contributed by atoms with Crippen molar-refractivity contribution in [3.05, 3.63) is 48.5 Å². The number of carbonyl (C=O) groups excluding carboxylic acids is 2. The van der Waals surface area contributed by atoms with Crippen molar-refractivity contribution < 1.29 is 19.1 Å². The zero-order valence-corrected chi connectivity index (χ0v) is 14.5. The predicted molar refractivity (Wildman–Crippen MR) is 97.0 cm³/mol. The van der Waals surface area contributed by atoms with Crippen LogP contribution in [0.2, 0.25) is 0 Å². The van der Waals surface area contributed by atoms with Crippen LogP contribution in [0.3, 0.4) is 0 Å². The zero-order chi connectivity index (χ0) is 18.2. The van der Waals surface area contributed by atoms with Crippen molar-refractivity contribution in [2.24, 2.45) is 5.92 Å². The smallest absolute Gasteiger partial charge is 0.262 e. The molecule has 6 heteroatoms. The summed E-state index contributed by atoms with van der Waals surface area (Å²) in [4.78, 5) is 23.7. The number of carbonyl (C=O) groups is 2. The van der Waals surface area contributed by atoms with Gasteiger partial charge in [0.25, 0.3) is 5.91 Å². The third-order valence-corrected chi connectivity index (χ3v) is 3.37. The average molecular weight is 342 g/mol. The van der Waals surface area contributed by atoms with Crippen molar-refractivity contribution in [2.75, 3.05) is 24.4 Å². The molecule has 2 rings (SSSR count). The normalized spacial score (nSPS) is 10.2. The third kappa shape index (κ3) is 5.84. The van der Waals surface area contributed by atoms with Crippen molar-refractivity contribution in [1.82, 2.24) is 0 Å². The summed E-state index contributed by atoms with van der Waals surface area (Å²) < 4.78 is 10.5. The summed E-state index contributed by atoms with van der Waals surface area (Å²) in [5.41, 5.74) is 1.22. The minimum absolute atomic E-state index is 0.0775. The standard InChI is InChI=1S/C19H22N2O4/c1-13(2)19(23)21-15-6-4-5-14(11-15)20-18(22)12-25-17-9-7-16(24-3)8-10-17/h4-11,13H,12H2,1-3H3,(H,20,22)(H,21,23). The van der Waals surface area contributed by atoms with Crippen LogP contribution in [0.4, 0.5) is 11.4 Å². The lowest BCUT2D eigenvalue weighted by atomic mass is 10.2. The minimum Gasteiger partial charge on any atom is -0.497 e. The molecule has 0 radical (unpaired) electrons. The second-order valence-corrected chi connectivity index (χ2v) is 5.74. The van der Waals surface area contributed by atoms with Crippen molar-refractivity contribution >= 4 is 23.2 Å². The largest absolute Gasteiger partial charge is 0.497 e. The first-order chi connectivity index (χ1) is 12.0. The number of anilines is 2. The first-order valence-corrected chi connectivity index (χ1v) is 7.95. The van der Waals surface area contributed by atoms with Crippen LogP contribution in [0.15, 0.2) is 48.5 Å². The Kier molecular flexibility index (Phi) is 6.39. The molecule has 0 aliphatic carbocycles. The molecule has 0 bridgehead atoms. The van der Waals surface area contributed by atoms with Crippen molar-refractivity contribution in [3.8, 4) is 11.5 Å². The van der Waals surface area contributed by atoms with Gasteiger partial charge in [0.15, 0.2) is 6.61 Å². The van der Waals surface area contributed by atoms with Crippen LogP contribution in [0.1, 0.15) is 13.8 Å². The molecule has 0 saturated carbocycles. The van der Waals surface area contributed by atoms with Crippen LogP contribution in [0.5, 0.6) is 11.5 Å². The van der Waals surface area contributed by atoms with E-state index in [2.05, 4.69) is 10.6 Å². The van der Waals surface area contributed by atoms with Gasteiger partial charge in [-0.25, -0.2) is 0 Å². The molecule has 0 spiro atoms. The van der Waals surface area contributed by atoms with E-state index in [4.69, 9.17) is 9.47 Å². The number of hydrogen-bond acceptors (Lipinski definition) is 4. The Bertz CT molecular complexity index is 726. The number of amides is 2. The highest BCUT2D eigenvalue weighted by molar-refractivity contribution is 5.95. The van der Waals surface area contributed by atoms with Crippen LogP contribution >= 0.6 is 0 Å². The van der Waals surface area contributed by atoms with Crippen LogP contribution in [0, 0.1) is 5.92 Å². The van der Waals surface area contributed by atoms with E-state index in [1.54, 1.807) is 55.6 Å². The van der Waals surface area contributed by atoms with E-state index < -0.39 is 0 Å². The molecule has 132 valence electrons. The third-order valence-electron chi connectivity index (χ3n) is 3.37. The lowest BCUT2D eigenvalue weighted by Gasteiger charge is -2.11. The molecule has 6 nitrogen and oxygen atoms in total. The average Bonchev–Trinajstić information content (AvgIpc) is 2.60. The zero-order valence-electron chi connectivity index (χ0n) is 14.5. The summed E-state index contributed by atoms with van der Waals surface area (Å²) in [6.07, 6.45) is 0. The molecule has 0 saturated heterocycles. The minimum atomic E-state index is -0.289. The maximum atomic E-state index is 12.0. The van der Waals surface area contributed by atoms with Gasteiger partial charge < -0.3 is 20.1 Å². The van der Waals surface area contributed by atoms with Crippen LogP contribution in [-0.4, -0.2) is 25.5 Å². The lowest BCUT2D eigenvalue weighted by molar-refractivity contribution is -0.119. The second kappa shape index (κ2) is 8.73. The van der Waals surface area contributed by atoms with Gasteiger partial charge in [-0.1, -0.05) is 19.9 Å². The first-order valence-electron chi connectivity index (χ1n) is 7.95. The summed E-state index contributed by atoms with van der Waals surface area (Å²) in [7, 11) is 1.58. The SMILES string of the molecule is COc1ccc(OCC(=O)Nc2cccc(NC(=O)C(C)C)c2)cc1. The Balaban J connectivity index is 1.88. The maximum Gasteiger partial charge on any atom is 0.262 e. The van der Waals surface area contributed by atoms with Gasteiger partial charge in [-0.3, -0.25) is 9.59 Å². The van der Waals surface area contributed by atoms with Gasteiger partial charge in [-0.15, -0.1) is 0 Å². The molecule has 2 aromatic rings. The molecule has 2 amide bonds. The van der Waals surface area contributed by atoms with Crippen molar-refractivity contribution in [3.63, 3.8) is 0 Å². The number of ether oxygens (including phenoxy) is 2. The molecule has 0 unspecified atom stereocenters. The van der Waals surface area contributed by atoms with E-state index in [9.17, 15) is 9.59 Å². The van der Waals surface area contributed by atoms with Gasteiger partial charge in [0, 0.05) is 17.3 Å². The fourth-order valence-electron chi connectivity index (χ4n) is 1.98. The van der Waals surface area contributed by atoms with E-state index in [1.165, 1.54) is 0 Å². The Morgan fingerprint density at radius 3 is 2.16 bits per heavy atom. The molecule has 0 aromatic heterocycles. The summed E-state index contributed by atoms with van der Waals surface area (Å²) in [5.74, 6) is 0.816. The van der Waals surface area contributed by atoms with Crippen LogP contribution in [0.25, 0.3) is 0 Å². The van der Waals surface area contributed by atoms with Crippen molar-refractivity contribution in [1.29, 1.82) is 0 Å². The van der Waals surface area contributed by atoms with E-state index in [0.717, 1.165) is 5.75 Å². The van der Waals surface area contributed by atoms with Gasteiger partial charge in [-0.2, -0.15) is 0 Å². The van der Waals surface area contributed by atoms with Gasteiger partial charge in [-0.05, 0) is 42.5 Å². The second-order valence-electron chi connectivity index (χ2n) is 5.74. The number of benzene rings is 2. The van der Waals surface area contributed by atoms with E-state index in [0.29, 0.717) is 17.1 Å². The molecule has 0 aliphatic rings. The quantitative estimate of drug-likeness (QED) is 0.809. The predicted octanol–water partition coefficient (Wildman–Crippen LogP) is 3.31. The summed E-state index contributed by atoms with van der Waals surface area (Å²) in [5, 5.41) is 5.53. The summed E-state index contributed by atoms with van der Waals surface area (Å²) >= 11 is 0. The fourth-order valence-corrected chi connectivity index (χ4v) is 1.98. The monoisotopic (exact) mass is 342 g/mol. The topological polar surface area (TPSA) is 76.7 Å². The molecule has 0 fully saturated rings. The lowest BCUT2D eigenvalue weighted by Crippen LogP contribution is -2.20. The number of nitrogens with one attached hydrogen (secondary N) is 2. The molecule has 0 aliphatic heterocycles. The van der Waals surface area contributed by atoms with Gasteiger partial charge in [0.1, 0.15) is 11.5 Å². The fraction of sp³-hybridized carbons (Fsp3) is 0.263. The highest BCUT2D eigenvalue weighted by atomic mass is 16.5. The Hall–Kier alpha value is -3.02. The molecule has 2 N–H and O–H groups in total. The van der Waals surface area contributed by atoms with E-state index in [-0.39, 0.29) is 24.3 Å². The molecule has 2 aromatic carbocycles. The maximum absolute atomic E-state index is 12.0. The van der Waals surface area contributed by atoms with Gasteiger partial charge >= 0.3 is 0 Å². The van der Waals surface area contributed by atoms with Gasteiger partial charge in [0.2, 0.25) is 5.91 Å². The van der Waals surface area contributed by atoms with Crippen LogP contribution < -0.4 is 20.1 Å². The Morgan fingerprint density at radius 2 is 1.56 bits per heavy atom. The first kappa shape index (κ1) is 18.3. The number of rotatable bonds is 7. The van der Waals surface area contributed by atoms with Crippen LogP contribution in [-0.2, 0) is 9.59 Å². The van der Waals surface area contributed by atoms with Gasteiger partial charge in [0.05, 0.1) is 7.11 Å². The molecule has 0 heterocycles. The molecular formula is C19H22N2O4. The van der Waals surface area contributed by atoms with E-state index >= 15 is 0 Å². The highest BCUT2D eigenvalue weighted by Crippen LogP contribution is 2.18. The summed E-state index contributed by atoms with van der Waals surface area (Å²) in [6.45, 7) is 3.52. The Morgan fingerprint density at radius 1 is 0.960 bits per heavy atom. The molecule has 0 atom stereocenters. The molecule has 25 heavy (non-hydrogen) atoms. The van der Waals surface area contributed by atoms with E-state index in [1.807, 2.05) is 13.8 Å².